The van der Waals surface area contributed by atoms with Gasteiger partial charge in [-0.15, -0.1) is 0 Å². The molecule has 0 aliphatic heterocycles. The Bertz CT molecular complexity index is 290. The highest BCUT2D eigenvalue weighted by Crippen LogP contribution is 2.07. The minimum atomic E-state index is -0.124. The van der Waals surface area contributed by atoms with Gasteiger partial charge in [0.05, 0.1) is 0 Å². The Kier molecular flexibility index (Phi) is 13.6. The molecule has 0 atom stereocenters. The number of halogens is 1. The molecule has 0 unspecified atom stereocenters. The molecular weight excluding hydrogens is 223 g/mol. The van der Waals surface area contributed by atoms with Crippen LogP contribution in [0.15, 0.2) is 18.2 Å². The van der Waals surface area contributed by atoms with Gasteiger partial charge in [-0.3, -0.25) is 0 Å². The fourth-order valence-corrected chi connectivity index (χ4v) is 1.41. The average molecular weight is 254 g/mol. The molecule has 0 fully saturated rings. The number of hydrogen-bond acceptors (Lipinski definition) is 0. The fourth-order valence-electron chi connectivity index (χ4n) is 1.41. The maximum absolute atomic E-state index is 12.5. The number of aryl methyl sites for hydroxylation is 2. The predicted octanol–water partition coefficient (Wildman–Crippen LogP) is 6.30. The highest BCUT2D eigenvalue weighted by atomic mass is 19.1. The third-order valence-corrected chi connectivity index (χ3v) is 2.45. The minimum Gasteiger partial charge on any atom is -0.207 e. The van der Waals surface area contributed by atoms with Crippen LogP contribution in [0.4, 0.5) is 4.39 Å². The van der Waals surface area contributed by atoms with E-state index in [0.29, 0.717) is 0 Å². The molecule has 0 spiro atoms. The molecule has 0 saturated carbocycles. The second-order valence-electron chi connectivity index (χ2n) is 4.79. The van der Waals surface area contributed by atoms with Crippen LogP contribution in [0.3, 0.4) is 0 Å². The van der Waals surface area contributed by atoms with Crippen molar-refractivity contribution in [2.75, 3.05) is 0 Å². The van der Waals surface area contributed by atoms with Crippen LogP contribution in [0, 0.1) is 25.6 Å². The highest BCUT2D eigenvalue weighted by molar-refractivity contribution is 5.22. The molecule has 0 bridgehead atoms. The molecule has 0 aliphatic rings. The van der Waals surface area contributed by atoms with E-state index in [1.807, 2.05) is 26.8 Å². The molecule has 1 heteroatoms. The molecule has 1 rings (SSSR count). The normalized spacial score (nSPS) is 9.17. The van der Waals surface area contributed by atoms with E-state index in [1.54, 1.807) is 13.0 Å². The molecule has 0 saturated heterocycles. The largest absolute Gasteiger partial charge is 0.207 e. The lowest BCUT2D eigenvalue weighted by Gasteiger charge is -1.98. The molecule has 106 valence electrons. The summed E-state index contributed by atoms with van der Waals surface area (Å²) in [6.45, 7) is 14.5. The van der Waals surface area contributed by atoms with E-state index in [2.05, 4.69) is 20.8 Å². The van der Waals surface area contributed by atoms with Gasteiger partial charge in [0, 0.05) is 0 Å². The summed E-state index contributed by atoms with van der Waals surface area (Å²) in [5, 5.41) is 0. The lowest BCUT2D eigenvalue weighted by Crippen LogP contribution is -1.83. The van der Waals surface area contributed by atoms with Gasteiger partial charge in [-0.25, -0.2) is 4.39 Å². The van der Waals surface area contributed by atoms with E-state index in [4.69, 9.17) is 0 Å². The second kappa shape index (κ2) is 12.6. The Labute approximate surface area is 114 Å². The summed E-state index contributed by atoms with van der Waals surface area (Å²) in [7, 11) is 0. The van der Waals surface area contributed by atoms with E-state index >= 15 is 0 Å². The summed E-state index contributed by atoms with van der Waals surface area (Å²) in [5.74, 6) is 0.778. The summed E-state index contributed by atoms with van der Waals surface area (Å²) >= 11 is 0. The molecule has 0 nitrogen and oxygen atoms in total. The van der Waals surface area contributed by atoms with Gasteiger partial charge in [0.15, 0.2) is 0 Å². The minimum absolute atomic E-state index is 0.124. The van der Waals surface area contributed by atoms with Crippen LogP contribution in [0.5, 0.6) is 0 Å². The molecule has 0 aliphatic carbocycles. The first-order chi connectivity index (χ1) is 8.47. The lowest BCUT2D eigenvalue weighted by molar-refractivity contribution is 0.550. The first-order valence-electron chi connectivity index (χ1n) is 7.20. The molecule has 18 heavy (non-hydrogen) atoms. The van der Waals surface area contributed by atoms with Crippen molar-refractivity contribution in [3.8, 4) is 0 Å². The standard InChI is InChI=1S/C8H9F.C7H16.C2H6/c1-6-3-4-8(9)7(2)5-6;1-4-5-6-7(2)3;1-2/h3-5H,1-2H3;7H,4-6H2,1-3H3;1-2H3. The van der Waals surface area contributed by atoms with E-state index in [9.17, 15) is 4.39 Å². The Morgan fingerprint density at radius 1 is 1.11 bits per heavy atom. The van der Waals surface area contributed by atoms with Crippen molar-refractivity contribution in [1.82, 2.24) is 0 Å². The van der Waals surface area contributed by atoms with Crippen LogP contribution >= 0.6 is 0 Å². The third kappa shape index (κ3) is 11.6. The van der Waals surface area contributed by atoms with Crippen LogP contribution in [0.25, 0.3) is 0 Å². The van der Waals surface area contributed by atoms with Gasteiger partial charge >= 0.3 is 0 Å². The first kappa shape index (κ1) is 19.5. The van der Waals surface area contributed by atoms with E-state index in [0.717, 1.165) is 17.0 Å². The van der Waals surface area contributed by atoms with Crippen molar-refractivity contribution in [1.29, 1.82) is 0 Å². The molecule has 0 amide bonds. The van der Waals surface area contributed by atoms with Crippen LogP contribution < -0.4 is 0 Å². The monoisotopic (exact) mass is 254 g/mol. The number of unbranched alkanes of at least 4 members (excludes halogenated alkanes) is 1. The molecular formula is C17H31F. The predicted molar refractivity (Wildman–Crippen MR) is 81.6 cm³/mol. The SMILES string of the molecule is CC.CCCCC(C)C.Cc1ccc(F)c(C)c1. The van der Waals surface area contributed by atoms with Crippen molar-refractivity contribution in [2.45, 2.75) is 67.7 Å². The Hall–Kier alpha value is -0.850. The van der Waals surface area contributed by atoms with E-state index < -0.39 is 0 Å². The molecule has 1 aromatic rings. The smallest absolute Gasteiger partial charge is 0.126 e. The summed E-state index contributed by atoms with van der Waals surface area (Å²) in [4.78, 5) is 0. The molecule has 0 aromatic heterocycles. The van der Waals surface area contributed by atoms with Crippen LogP contribution in [-0.4, -0.2) is 0 Å². The third-order valence-electron chi connectivity index (χ3n) is 2.45. The Morgan fingerprint density at radius 2 is 1.67 bits per heavy atom. The summed E-state index contributed by atoms with van der Waals surface area (Å²) in [6.07, 6.45) is 4.15. The molecule has 0 N–H and O–H groups in total. The Balaban J connectivity index is 0. The van der Waals surface area contributed by atoms with Gasteiger partial charge in [-0.2, -0.15) is 0 Å². The first-order valence-corrected chi connectivity index (χ1v) is 7.20. The zero-order valence-corrected chi connectivity index (χ0v) is 13.3. The number of benzene rings is 1. The van der Waals surface area contributed by atoms with Gasteiger partial charge in [0.1, 0.15) is 5.82 Å². The van der Waals surface area contributed by atoms with Crippen molar-refractivity contribution in [3.63, 3.8) is 0 Å². The Morgan fingerprint density at radius 3 is 1.94 bits per heavy atom. The summed E-state index contributed by atoms with van der Waals surface area (Å²) < 4.78 is 12.5. The maximum Gasteiger partial charge on any atom is 0.126 e. The summed E-state index contributed by atoms with van der Waals surface area (Å²) in [5.41, 5.74) is 1.82. The topological polar surface area (TPSA) is 0 Å². The van der Waals surface area contributed by atoms with Crippen molar-refractivity contribution in [3.05, 3.63) is 35.1 Å². The number of rotatable bonds is 3. The average Bonchev–Trinajstić information content (AvgIpc) is 2.35. The van der Waals surface area contributed by atoms with Crippen molar-refractivity contribution >= 4 is 0 Å². The molecule has 1 aromatic carbocycles. The quantitative estimate of drug-likeness (QED) is 0.593. The van der Waals surface area contributed by atoms with Crippen LogP contribution in [0.2, 0.25) is 0 Å². The highest BCUT2D eigenvalue weighted by Gasteiger charge is 1.93. The van der Waals surface area contributed by atoms with Crippen LogP contribution in [-0.2, 0) is 0 Å². The van der Waals surface area contributed by atoms with E-state index in [-0.39, 0.29) is 5.82 Å². The molecule has 0 heterocycles. The van der Waals surface area contributed by atoms with Crippen molar-refractivity contribution in [2.24, 2.45) is 5.92 Å². The lowest BCUT2D eigenvalue weighted by atomic mass is 10.1. The van der Waals surface area contributed by atoms with Gasteiger partial charge in [0.2, 0.25) is 0 Å². The molecule has 0 radical (unpaired) electrons. The van der Waals surface area contributed by atoms with Crippen molar-refractivity contribution < 1.29 is 4.39 Å². The summed E-state index contributed by atoms with van der Waals surface area (Å²) in [6, 6.07) is 5.09. The van der Waals surface area contributed by atoms with Gasteiger partial charge in [0.25, 0.3) is 0 Å². The van der Waals surface area contributed by atoms with Crippen LogP contribution in [0.1, 0.15) is 65.0 Å². The second-order valence-corrected chi connectivity index (χ2v) is 4.79. The van der Waals surface area contributed by atoms with E-state index in [1.165, 1.54) is 25.3 Å². The van der Waals surface area contributed by atoms with Gasteiger partial charge in [-0.1, -0.05) is 71.6 Å². The van der Waals surface area contributed by atoms with Gasteiger partial charge < -0.3 is 0 Å². The zero-order valence-electron chi connectivity index (χ0n) is 13.3. The number of hydrogen-bond donors (Lipinski definition) is 0. The van der Waals surface area contributed by atoms with Gasteiger partial charge in [-0.05, 0) is 31.4 Å². The fraction of sp³-hybridized carbons (Fsp3) is 0.647. The zero-order chi connectivity index (χ0) is 14.6. The maximum atomic E-state index is 12.5.